The molecule has 0 aromatic heterocycles. The average Bonchev–Trinajstić information content (AvgIpc) is 2.57. The van der Waals surface area contributed by atoms with Crippen LogP contribution < -0.4 is 11.5 Å². The molecular formula is C17H21F2N3O3. The third kappa shape index (κ3) is 5.37. The molecule has 8 heteroatoms. The quantitative estimate of drug-likeness (QED) is 0.245. The number of hydrogen-bond donors (Lipinski definition) is 2. The largest absolute Gasteiger partial charge is 0.454 e. The Labute approximate surface area is 144 Å². The van der Waals surface area contributed by atoms with E-state index in [2.05, 4.69) is 4.99 Å². The fraction of sp³-hybridized carbons (Fsp3) is 0.353. The van der Waals surface area contributed by atoms with Crippen molar-refractivity contribution in [2.24, 2.45) is 16.5 Å². The van der Waals surface area contributed by atoms with Gasteiger partial charge in [-0.3, -0.25) is 9.79 Å². The van der Waals surface area contributed by atoms with Crippen molar-refractivity contribution in [2.45, 2.75) is 26.7 Å². The predicted octanol–water partition coefficient (Wildman–Crippen LogP) is 2.08. The number of hydrogen-bond acceptors (Lipinski definition) is 5. The van der Waals surface area contributed by atoms with Crippen molar-refractivity contribution >= 4 is 17.6 Å². The van der Waals surface area contributed by atoms with E-state index >= 15 is 0 Å². The number of ether oxygens (including phenoxy) is 1. The molecule has 0 aliphatic heterocycles. The van der Waals surface area contributed by atoms with E-state index in [9.17, 15) is 18.4 Å². The number of nitrogens with zero attached hydrogens (tertiary/aromatic N) is 1. The topological polar surface area (TPSA) is 108 Å². The minimum Gasteiger partial charge on any atom is -0.454 e. The number of amidine groups is 1. The number of nitrogens with two attached hydrogens (primary N) is 2. The van der Waals surface area contributed by atoms with Crippen molar-refractivity contribution in [3.05, 3.63) is 46.7 Å². The van der Waals surface area contributed by atoms with Crippen LogP contribution in [0.2, 0.25) is 0 Å². The Balaban J connectivity index is 2.94. The number of benzene rings is 1. The molecule has 0 radical (unpaired) electrons. The van der Waals surface area contributed by atoms with Crippen LogP contribution in [-0.4, -0.2) is 30.7 Å². The summed E-state index contributed by atoms with van der Waals surface area (Å²) in [6, 6.07) is 3.00. The first-order chi connectivity index (χ1) is 11.8. The molecule has 0 saturated heterocycles. The van der Waals surface area contributed by atoms with Gasteiger partial charge < -0.3 is 16.2 Å². The van der Waals surface area contributed by atoms with Crippen LogP contribution in [0.15, 0.2) is 34.5 Å². The first-order valence-electron chi connectivity index (χ1n) is 7.76. The Morgan fingerprint density at radius 1 is 1.16 bits per heavy atom. The van der Waals surface area contributed by atoms with Gasteiger partial charge in [0.05, 0.1) is 5.56 Å². The number of aliphatic imine (C=N–C) groups is 1. The molecule has 0 amide bonds. The SMILES string of the molecule is CCCN=C(N)C(C(=O)OCC(=O)c1c(F)cccc1F)=C(N)CC. The average molecular weight is 353 g/mol. The lowest BCUT2D eigenvalue weighted by atomic mass is 10.1. The van der Waals surface area contributed by atoms with Gasteiger partial charge in [-0.2, -0.15) is 0 Å². The van der Waals surface area contributed by atoms with Gasteiger partial charge in [0, 0.05) is 12.2 Å². The van der Waals surface area contributed by atoms with Crippen molar-refractivity contribution in [1.82, 2.24) is 0 Å². The van der Waals surface area contributed by atoms with Crippen molar-refractivity contribution in [1.29, 1.82) is 0 Å². The molecular weight excluding hydrogens is 332 g/mol. The summed E-state index contributed by atoms with van der Waals surface area (Å²) < 4.78 is 32.0. The minimum absolute atomic E-state index is 0.101. The van der Waals surface area contributed by atoms with Crippen molar-refractivity contribution in [2.75, 3.05) is 13.2 Å². The van der Waals surface area contributed by atoms with E-state index in [-0.39, 0.29) is 17.1 Å². The Morgan fingerprint density at radius 2 is 1.76 bits per heavy atom. The first kappa shape index (κ1) is 20.3. The Bertz CT molecular complexity index is 695. The molecule has 0 atom stereocenters. The number of ketones is 1. The van der Waals surface area contributed by atoms with Gasteiger partial charge in [-0.15, -0.1) is 0 Å². The van der Waals surface area contributed by atoms with Gasteiger partial charge in [0.1, 0.15) is 23.0 Å². The Morgan fingerprint density at radius 3 is 2.28 bits per heavy atom. The highest BCUT2D eigenvalue weighted by Crippen LogP contribution is 2.14. The van der Waals surface area contributed by atoms with Gasteiger partial charge in [-0.05, 0) is 25.0 Å². The van der Waals surface area contributed by atoms with Crippen LogP contribution in [0.5, 0.6) is 0 Å². The number of rotatable bonds is 8. The molecule has 0 bridgehead atoms. The lowest BCUT2D eigenvalue weighted by Gasteiger charge is -2.11. The Hall–Kier alpha value is -2.77. The molecule has 1 aromatic carbocycles. The molecule has 25 heavy (non-hydrogen) atoms. The number of esters is 1. The van der Waals surface area contributed by atoms with E-state index in [1.807, 2.05) is 6.92 Å². The van der Waals surface area contributed by atoms with Crippen LogP contribution in [0.1, 0.15) is 37.0 Å². The van der Waals surface area contributed by atoms with Crippen LogP contribution in [0.3, 0.4) is 0 Å². The monoisotopic (exact) mass is 353 g/mol. The van der Waals surface area contributed by atoms with Gasteiger partial charge in [-0.25, -0.2) is 13.6 Å². The summed E-state index contributed by atoms with van der Waals surface area (Å²) in [5, 5.41) is 0. The van der Waals surface area contributed by atoms with E-state index in [1.165, 1.54) is 0 Å². The summed E-state index contributed by atoms with van der Waals surface area (Å²) in [6.07, 6.45) is 1.02. The van der Waals surface area contributed by atoms with Crippen LogP contribution in [0, 0.1) is 11.6 Å². The molecule has 0 heterocycles. The van der Waals surface area contributed by atoms with Crippen LogP contribution in [0.25, 0.3) is 0 Å². The minimum atomic E-state index is -1.03. The van der Waals surface area contributed by atoms with E-state index in [1.54, 1.807) is 6.92 Å². The van der Waals surface area contributed by atoms with E-state index in [0.717, 1.165) is 18.2 Å². The summed E-state index contributed by atoms with van der Waals surface area (Å²) in [5.41, 5.74) is 10.8. The second-order valence-corrected chi connectivity index (χ2v) is 5.12. The van der Waals surface area contributed by atoms with E-state index in [0.29, 0.717) is 19.4 Å². The normalized spacial score (nSPS) is 12.6. The lowest BCUT2D eigenvalue weighted by molar-refractivity contribution is -0.137. The molecule has 0 fully saturated rings. The second-order valence-electron chi connectivity index (χ2n) is 5.12. The van der Waals surface area contributed by atoms with Crippen LogP contribution in [-0.2, 0) is 9.53 Å². The summed E-state index contributed by atoms with van der Waals surface area (Å²) in [5.74, 6) is -4.15. The van der Waals surface area contributed by atoms with Gasteiger partial charge in [-0.1, -0.05) is 19.9 Å². The number of carbonyl (C=O) groups excluding carboxylic acids is 2. The number of halogens is 2. The molecule has 6 nitrogen and oxygen atoms in total. The van der Waals surface area contributed by atoms with E-state index < -0.39 is 35.6 Å². The number of allylic oxidation sites excluding steroid dienone is 1. The molecule has 136 valence electrons. The number of carbonyl (C=O) groups is 2. The van der Waals surface area contributed by atoms with Crippen molar-refractivity contribution in [3.63, 3.8) is 0 Å². The molecule has 0 spiro atoms. The maximum Gasteiger partial charge on any atom is 0.344 e. The van der Waals surface area contributed by atoms with E-state index in [4.69, 9.17) is 16.2 Å². The molecule has 1 aromatic rings. The maximum absolute atomic E-state index is 13.6. The standard InChI is InChI=1S/C17H21F2N3O3/c1-3-8-22-16(21)15(12(20)4-2)17(24)25-9-13(23)14-10(18)6-5-7-11(14)19/h5-7H,3-4,8-9,20H2,1-2H3,(H2,21,22). The highest BCUT2D eigenvalue weighted by Gasteiger charge is 2.22. The fourth-order valence-electron chi connectivity index (χ4n) is 1.93. The second kappa shape index (κ2) is 9.51. The Kier molecular flexibility index (Phi) is 7.71. The zero-order valence-electron chi connectivity index (χ0n) is 14.1. The third-order valence-electron chi connectivity index (χ3n) is 3.24. The predicted molar refractivity (Wildman–Crippen MR) is 89.9 cm³/mol. The molecule has 0 aliphatic rings. The fourth-order valence-corrected chi connectivity index (χ4v) is 1.93. The summed E-state index contributed by atoms with van der Waals surface area (Å²) in [6.45, 7) is 3.12. The molecule has 0 aliphatic carbocycles. The maximum atomic E-state index is 13.6. The van der Waals surface area contributed by atoms with Crippen molar-refractivity contribution < 1.29 is 23.1 Å². The highest BCUT2D eigenvalue weighted by atomic mass is 19.1. The van der Waals surface area contributed by atoms with Crippen LogP contribution >= 0.6 is 0 Å². The van der Waals surface area contributed by atoms with Gasteiger partial charge in [0.15, 0.2) is 6.61 Å². The summed E-state index contributed by atoms with van der Waals surface area (Å²) in [7, 11) is 0. The van der Waals surface area contributed by atoms with Crippen LogP contribution in [0.4, 0.5) is 8.78 Å². The first-order valence-corrected chi connectivity index (χ1v) is 7.76. The van der Waals surface area contributed by atoms with Gasteiger partial charge in [0.25, 0.3) is 0 Å². The zero-order valence-corrected chi connectivity index (χ0v) is 14.1. The summed E-state index contributed by atoms with van der Waals surface area (Å²) >= 11 is 0. The molecule has 0 saturated carbocycles. The molecule has 0 unspecified atom stereocenters. The summed E-state index contributed by atoms with van der Waals surface area (Å²) in [4.78, 5) is 28.1. The number of Topliss-reactive ketones (excluding diaryl/α,β-unsaturated/α-hetero) is 1. The lowest BCUT2D eigenvalue weighted by Crippen LogP contribution is -2.28. The molecule has 4 N–H and O–H groups in total. The van der Waals surface area contributed by atoms with Crippen molar-refractivity contribution in [3.8, 4) is 0 Å². The van der Waals surface area contributed by atoms with Gasteiger partial charge >= 0.3 is 5.97 Å². The third-order valence-corrected chi connectivity index (χ3v) is 3.24. The smallest absolute Gasteiger partial charge is 0.344 e. The highest BCUT2D eigenvalue weighted by molar-refractivity contribution is 6.19. The van der Waals surface area contributed by atoms with Gasteiger partial charge in [0.2, 0.25) is 5.78 Å². The molecule has 1 rings (SSSR count). The zero-order chi connectivity index (χ0) is 19.0.